The molecule has 7 heteroatoms. The van der Waals surface area contributed by atoms with Crippen molar-refractivity contribution in [2.75, 3.05) is 0 Å². The first-order valence-corrected chi connectivity index (χ1v) is 5.29. The van der Waals surface area contributed by atoms with Crippen LogP contribution in [0.2, 0.25) is 0 Å². The highest BCUT2D eigenvalue weighted by atomic mass is 32.1. The normalized spacial score (nSPS) is 10.3. The first-order valence-electron chi connectivity index (χ1n) is 4.84. The molecule has 0 saturated heterocycles. The number of rotatable bonds is 5. The minimum atomic E-state index is -1.24. The fraction of sp³-hybridized carbons (Fsp3) is 0.0909. The minimum absolute atomic E-state index is 0.0954. The fourth-order valence-electron chi connectivity index (χ4n) is 1.22. The SMILES string of the molecule is N=C(/C=C\NS)OCc1c(F)cccc1C(=O)O. The number of halogens is 1. The lowest BCUT2D eigenvalue weighted by molar-refractivity contribution is 0.0692. The number of benzene rings is 1. The summed E-state index contributed by atoms with van der Waals surface area (Å²) in [6, 6.07) is 3.72. The molecule has 0 spiro atoms. The molecule has 0 aliphatic rings. The average molecular weight is 270 g/mol. The van der Waals surface area contributed by atoms with Crippen LogP contribution in [0.3, 0.4) is 0 Å². The van der Waals surface area contributed by atoms with E-state index in [-0.39, 0.29) is 23.6 Å². The lowest BCUT2D eigenvalue weighted by Crippen LogP contribution is -2.09. The summed E-state index contributed by atoms with van der Waals surface area (Å²) in [5.41, 5.74) is -0.277. The van der Waals surface area contributed by atoms with E-state index in [9.17, 15) is 9.18 Å². The van der Waals surface area contributed by atoms with E-state index in [1.54, 1.807) is 0 Å². The van der Waals surface area contributed by atoms with Crippen molar-refractivity contribution in [2.45, 2.75) is 6.61 Å². The standard InChI is InChI=1S/C11H11FN2O3S/c12-9-3-1-2-7(11(15)16)8(9)6-17-10(13)4-5-14-18/h1-5,13-14,18H,6H2,(H,15,16)/b5-4-,13-10?. The largest absolute Gasteiger partial charge is 0.478 e. The van der Waals surface area contributed by atoms with Crippen molar-refractivity contribution in [3.8, 4) is 0 Å². The van der Waals surface area contributed by atoms with E-state index in [2.05, 4.69) is 17.5 Å². The van der Waals surface area contributed by atoms with Gasteiger partial charge in [0.05, 0.1) is 5.56 Å². The highest BCUT2D eigenvalue weighted by Gasteiger charge is 2.14. The number of nitrogens with one attached hydrogen (secondary N) is 2. The van der Waals surface area contributed by atoms with Gasteiger partial charge in [0.15, 0.2) is 0 Å². The van der Waals surface area contributed by atoms with Crippen molar-refractivity contribution < 1.29 is 19.0 Å². The molecular formula is C11H11FN2O3S. The highest BCUT2D eigenvalue weighted by molar-refractivity contribution is 7.78. The zero-order chi connectivity index (χ0) is 13.5. The molecule has 1 aromatic rings. The second kappa shape index (κ2) is 6.65. The van der Waals surface area contributed by atoms with E-state index in [4.69, 9.17) is 15.3 Å². The summed E-state index contributed by atoms with van der Waals surface area (Å²) < 4.78 is 20.7. The summed E-state index contributed by atoms with van der Waals surface area (Å²) in [4.78, 5) is 10.9. The minimum Gasteiger partial charge on any atom is -0.478 e. The molecule has 0 heterocycles. The molecule has 18 heavy (non-hydrogen) atoms. The van der Waals surface area contributed by atoms with Gasteiger partial charge in [-0.1, -0.05) is 18.9 Å². The van der Waals surface area contributed by atoms with Gasteiger partial charge in [0.1, 0.15) is 12.4 Å². The molecule has 0 unspecified atom stereocenters. The van der Waals surface area contributed by atoms with Crippen molar-refractivity contribution >= 4 is 24.7 Å². The van der Waals surface area contributed by atoms with Crippen molar-refractivity contribution in [3.63, 3.8) is 0 Å². The Labute approximate surface area is 108 Å². The summed E-state index contributed by atoms with van der Waals surface area (Å²) in [6.07, 6.45) is 2.60. The molecule has 0 radical (unpaired) electrons. The molecule has 0 atom stereocenters. The maximum Gasteiger partial charge on any atom is 0.336 e. The van der Waals surface area contributed by atoms with Crippen molar-refractivity contribution in [1.82, 2.24) is 4.72 Å². The highest BCUT2D eigenvalue weighted by Crippen LogP contribution is 2.15. The van der Waals surface area contributed by atoms with E-state index < -0.39 is 11.8 Å². The quantitative estimate of drug-likeness (QED) is 0.374. The van der Waals surface area contributed by atoms with E-state index in [0.29, 0.717) is 0 Å². The first-order chi connectivity index (χ1) is 8.56. The maximum absolute atomic E-state index is 13.5. The van der Waals surface area contributed by atoms with Crippen LogP contribution in [0.5, 0.6) is 0 Å². The predicted molar refractivity (Wildman–Crippen MR) is 67.1 cm³/mol. The van der Waals surface area contributed by atoms with Gasteiger partial charge >= 0.3 is 5.97 Å². The molecule has 1 rings (SSSR count). The van der Waals surface area contributed by atoms with Gasteiger partial charge in [0, 0.05) is 17.8 Å². The van der Waals surface area contributed by atoms with Crippen LogP contribution >= 0.6 is 12.8 Å². The second-order valence-electron chi connectivity index (χ2n) is 3.19. The Hall–Kier alpha value is -2.02. The van der Waals surface area contributed by atoms with Gasteiger partial charge in [0.25, 0.3) is 0 Å². The summed E-state index contributed by atoms with van der Waals surface area (Å²) >= 11 is 3.67. The summed E-state index contributed by atoms with van der Waals surface area (Å²) in [5, 5.41) is 16.2. The van der Waals surface area contributed by atoms with Gasteiger partial charge < -0.3 is 14.6 Å². The molecule has 0 bridgehead atoms. The fourth-order valence-corrected chi connectivity index (χ4v) is 1.29. The molecule has 0 saturated carbocycles. The number of carboxylic acids is 1. The Morgan fingerprint density at radius 3 is 2.94 bits per heavy atom. The average Bonchev–Trinajstić information content (AvgIpc) is 2.34. The first kappa shape index (κ1) is 14.0. The van der Waals surface area contributed by atoms with Crippen LogP contribution in [0, 0.1) is 11.2 Å². The van der Waals surface area contributed by atoms with Crippen LogP contribution in [-0.2, 0) is 11.3 Å². The Bertz CT molecular complexity index is 491. The van der Waals surface area contributed by atoms with Crippen LogP contribution in [0.4, 0.5) is 4.39 Å². The number of hydrogen-bond acceptors (Lipinski definition) is 5. The van der Waals surface area contributed by atoms with E-state index >= 15 is 0 Å². The Morgan fingerprint density at radius 1 is 1.61 bits per heavy atom. The summed E-state index contributed by atoms with van der Waals surface area (Å²) in [6.45, 7) is -0.329. The van der Waals surface area contributed by atoms with Gasteiger partial charge in [-0.05, 0) is 12.1 Å². The lowest BCUT2D eigenvalue weighted by atomic mass is 10.1. The van der Waals surface area contributed by atoms with Gasteiger partial charge in [-0.15, -0.1) is 0 Å². The number of ether oxygens (including phenoxy) is 1. The van der Waals surface area contributed by atoms with Crippen LogP contribution in [0.1, 0.15) is 15.9 Å². The Balaban J connectivity index is 2.81. The number of thiol groups is 1. The van der Waals surface area contributed by atoms with E-state index in [0.717, 1.165) is 6.07 Å². The number of carbonyl (C=O) groups is 1. The lowest BCUT2D eigenvalue weighted by Gasteiger charge is -2.08. The molecule has 0 amide bonds. The number of hydrogen-bond donors (Lipinski definition) is 4. The Morgan fingerprint density at radius 2 is 2.33 bits per heavy atom. The molecule has 0 aromatic heterocycles. The van der Waals surface area contributed by atoms with Crippen molar-refractivity contribution in [2.24, 2.45) is 0 Å². The van der Waals surface area contributed by atoms with Crippen LogP contribution < -0.4 is 4.72 Å². The van der Waals surface area contributed by atoms with Crippen LogP contribution in [0.15, 0.2) is 30.5 Å². The third-order valence-electron chi connectivity index (χ3n) is 2.03. The third kappa shape index (κ3) is 3.77. The Kier molecular flexibility index (Phi) is 5.19. The predicted octanol–water partition coefficient (Wildman–Crippen LogP) is 1.97. The van der Waals surface area contributed by atoms with E-state index in [1.807, 2.05) is 0 Å². The molecule has 5 nitrogen and oxygen atoms in total. The molecule has 96 valence electrons. The zero-order valence-electron chi connectivity index (χ0n) is 9.18. The monoisotopic (exact) mass is 270 g/mol. The van der Waals surface area contributed by atoms with Gasteiger partial charge in [0.2, 0.25) is 5.90 Å². The summed E-state index contributed by atoms with van der Waals surface area (Å²) in [5.74, 6) is -2.16. The smallest absolute Gasteiger partial charge is 0.336 e. The molecule has 1 aromatic carbocycles. The molecule has 0 fully saturated rings. The molecular weight excluding hydrogens is 259 g/mol. The second-order valence-corrected chi connectivity index (χ2v) is 3.44. The summed E-state index contributed by atoms with van der Waals surface area (Å²) in [7, 11) is 0. The molecule has 3 N–H and O–H groups in total. The molecule has 0 aliphatic carbocycles. The number of carboxylic acid groups (broad SMARTS) is 1. The van der Waals surface area contributed by atoms with Gasteiger partial charge in [-0.25, -0.2) is 9.18 Å². The number of aromatic carboxylic acids is 1. The van der Waals surface area contributed by atoms with Crippen LogP contribution in [0.25, 0.3) is 0 Å². The zero-order valence-corrected chi connectivity index (χ0v) is 10.1. The van der Waals surface area contributed by atoms with Gasteiger partial charge in [-0.3, -0.25) is 5.41 Å². The topological polar surface area (TPSA) is 82.4 Å². The van der Waals surface area contributed by atoms with E-state index in [1.165, 1.54) is 24.4 Å². The van der Waals surface area contributed by atoms with Crippen LogP contribution in [-0.4, -0.2) is 17.0 Å². The molecule has 0 aliphatic heterocycles. The third-order valence-corrected chi connectivity index (χ3v) is 2.18. The maximum atomic E-state index is 13.5. The van der Waals surface area contributed by atoms with Gasteiger partial charge in [-0.2, -0.15) is 0 Å². The van der Waals surface area contributed by atoms with Crippen molar-refractivity contribution in [1.29, 1.82) is 5.41 Å². The van der Waals surface area contributed by atoms with Crippen molar-refractivity contribution in [3.05, 3.63) is 47.4 Å².